The molecule has 82 valence electrons. The van der Waals surface area contributed by atoms with E-state index < -0.39 is 0 Å². The van der Waals surface area contributed by atoms with Gasteiger partial charge < -0.3 is 10.2 Å². The maximum atomic E-state index is 12.1. The molecule has 4 heteroatoms. The number of amides is 2. The van der Waals surface area contributed by atoms with Crippen molar-refractivity contribution in [3.8, 4) is 0 Å². The Morgan fingerprint density at radius 3 is 2.69 bits per heavy atom. The van der Waals surface area contributed by atoms with Gasteiger partial charge >= 0.3 is 0 Å². The minimum absolute atomic E-state index is 0.145. The van der Waals surface area contributed by atoms with Crippen LogP contribution in [0.2, 0.25) is 0 Å². The Kier molecular flexibility index (Phi) is 2.72. The second-order valence-electron chi connectivity index (χ2n) is 3.53. The molecule has 0 fully saturated rings. The summed E-state index contributed by atoms with van der Waals surface area (Å²) in [4.78, 5) is 25.3. The number of nitrogens with zero attached hydrogens (tertiary/aromatic N) is 1. The van der Waals surface area contributed by atoms with Gasteiger partial charge in [0.25, 0.3) is 11.8 Å². The van der Waals surface area contributed by atoms with Crippen LogP contribution in [0.5, 0.6) is 0 Å². The molecule has 4 nitrogen and oxygen atoms in total. The average molecular weight is 216 g/mol. The first-order valence-corrected chi connectivity index (χ1v) is 5.01. The maximum absolute atomic E-state index is 12.1. The molecule has 0 atom stereocenters. The van der Waals surface area contributed by atoms with Gasteiger partial charge in [-0.2, -0.15) is 0 Å². The summed E-state index contributed by atoms with van der Waals surface area (Å²) in [5.74, 6) is -0.357. The van der Waals surface area contributed by atoms with Crippen molar-refractivity contribution in [2.45, 2.75) is 0 Å². The molecule has 0 aliphatic carbocycles. The molecule has 0 spiro atoms. The topological polar surface area (TPSA) is 49.4 Å². The predicted octanol–water partition coefficient (Wildman–Crippen LogP) is 1.02. The Balaban J connectivity index is 2.44. The quantitative estimate of drug-likeness (QED) is 0.750. The summed E-state index contributed by atoms with van der Waals surface area (Å²) < 4.78 is 0. The van der Waals surface area contributed by atoms with Crippen LogP contribution < -0.4 is 5.32 Å². The van der Waals surface area contributed by atoms with Gasteiger partial charge in [0.05, 0.1) is 17.8 Å². The summed E-state index contributed by atoms with van der Waals surface area (Å²) in [6.45, 7) is 4.23. The summed E-state index contributed by atoms with van der Waals surface area (Å²) in [6.07, 6.45) is 1.64. The SMILES string of the molecule is C=CCN1CNC(=O)c2ccccc2C1=O. The Morgan fingerprint density at radius 1 is 1.31 bits per heavy atom. The highest BCUT2D eigenvalue weighted by atomic mass is 16.2. The van der Waals surface area contributed by atoms with Gasteiger partial charge in [-0.15, -0.1) is 6.58 Å². The summed E-state index contributed by atoms with van der Waals surface area (Å²) in [5, 5.41) is 2.68. The van der Waals surface area contributed by atoms with E-state index in [1.165, 1.54) is 4.90 Å². The normalized spacial score (nSPS) is 15.1. The maximum Gasteiger partial charge on any atom is 0.256 e. The third kappa shape index (κ3) is 1.69. The van der Waals surface area contributed by atoms with E-state index in [9.17, 15) is 9.59 Å². The van der Waals surface area contributed by atoms with E-state index in [0.717, 1.165) is 0 Å². The molecule has 1 aromatic carbocycles. The number of nitrogens with one attached hydrogen (secondary N) is 1. The van der Waals surface area contributed by atoms with Gasteiger partial charge in [0, 0.05) is 6.54 Å². The highest BCUT2D eigenvalue weighted by molar-refractivity contribution is 6.08. The van der Waals surface area contributed by atoms with Crippen molar-refractivity contribution in [3.05, 3.63) is 48.0 Å². The second kappa shape index (κ2) is 4.18. The largest absolute Gasteiger partial charge is 0.334 e. The van der Waals surface area contributed by atoms with Gasteiger partial charge in [0.2, 0.25) is 0 Å². The van der Waals surface area contributed by atoms with Gasteiger partial charge in [0.1, 0.15) is 0 Å². The molecule has 1 heterocycles. The summed E-state index contributed by atoms with van der Waals surface area (Å²) >= 11 is 0. The fraction of sp³-hybridized carbons (Fsp3) is 0.167. The minimum Gasteiger partial charge on any atom is -0.334 e. The standard InChI is InChI=1S/C12H12N2O2/c1-2-7-14-8-13-11(15)9-5-3-4-6-10(9)12(14)16/h2-6H,1,7-8H2,(H,13,15). The van der Waals surface area contributed by atoms with Crippen LogP contribution in [0.15, 0.2) is 36.9 Å². The van der Waals surface area contributed by atoms with Crippen molar-refractivity contribution in [2.75, 3.05) is 13.2 Å². The van der Waals surface area contributed by atoms with Crippen LogP contribution in [0.1, 0.15) is 20.7 Å². The second-order valence-corrected chi connectivity index (χ2v) is 3.53. The monoisotopic (exact) mass is 216 g/mol. The Bertz CT molecular complexity index is 454. The number of carbonyl (C=O) groups excluding carboxylic acids is 2. The molecule has 0 bridgehead atoms. The molecule has 0 unspecified atom stereocenters. The molecule has 1 aromatic rings. The molecule has 0 aromatic heterocycles. The van der Waals surface area contributed by atoms with E-state index in [4.69, 9.17) is 0 Å². The Labute approximate surface area is 93.6 Å². The first kappa shape index (κ1) is 10.4. The van der Waals surface area contributed by atoms with Gasteiger partial charge in [0.15, 0.2) is 0 Å². The smallest absolute Gasteiger partial charge is 0.256 e. The lowest BCUT2D eigenvalue weighted by Crippen LogP contribution is -2.37. The summed E-state index contributed by atoms with van der Waals surface area (Å²) in [6, 6.07) is 6.81. The van der Waals surface area contributed by atoms with Crippen LogP contribution in [-0.2, 0) is 0 Å². The van der Waals surface area contributed by atoms with Crippen molar-refractivity contribution in [1.29, 1.82) is 0 Å². The fourth-order valence-corrected chi connectivity index (χ4v) is 1.68. The van der Waals surface area contributed by atoms with Crippen LogP contribution in [0.25, 0.3) is 0 Å². The molecule has 1 aliphatic rings. The van der Waals surface area contributed by atoms with Crippen molar-refractivity contribution in [2.24, 2.45) is 0 Å². The van der Waals surface area contributed by atoms with Gasteiger partial charge in [-0.25, -0.2) is 0 Å². The van der Waals surface area contributed by atoms with Crippen LogP contribution >= 0.6 is 0 Å². The van der Waals surface area contributed by atoms with Crippen LogP contribution in [-0.4, -0.2) is 29.9 Å². The molecule has 0 radical (unpaired) electrons. The first-order chi connectivity index (χ1) is 7.74. The van der Waals surface area contributed by atoms with E-state index >= 15 is 0 Å². The Hall–Kier alpha value is -2.10. The lowest BCUT2D eigenvalue weighted by atomic mass is 10.1. The van der Waals surface area contributed by atoms with Gasteiger partial charge in [-0.1, -0.05) is 18.2 Å². The summed E-state index contributed by atoms with van der Waals surface area (Å²) in [5.41, 5.74) is 0.874. The van der Waals surface area contributed by atoms with Crippen LogP contribution in [0.4, 0.5) is 0 Å². The number of hydrogen-bond donors (Lipinski definition) is 1. The molecule has 1 aliphatic heterocycles. The zero-order valence-electron chi connectivity index (χ0n) is 8.77. The van der Waals surface area contributed by atoms with Gasteiger partial charge in [-0.05, 0) is 12.1 Å². The first-order valence-electron chi connectivity index (χ1n) is 5.01. The lowest BCUT2D eigenvalue weighted by Gasteiger charge is -2.18. The van der Waals surface area contributed by atoms with Crippen molar-refractivity contribution >= 4 is 11.8 Å². The number of carbonyl (C=O) groups is 2. The highest BCUT2D eigenvalue weighted by Crippen LogP contribution is 2.14. The fourth-order valence-electron chi connectivity index (χ4n) is 1.68. The van der Waals surface area contributed by atoms with Crippen molar-refractivity contribution < 1.29 is 9.59 Å². The molecule has 1 N–H and O–H groups in total. The van der Waals surface area contributed by atoms with E-state index in [2.05, 4.69) is 11.9 Å². The van der Waals surface area contributed by atoms with Crippen molar-refractivity contribution in [3.63, 3.8) is 0 Å². The van der Waals surface area contributed by atoms with Gasteiger partial charge in [-0.3, -0.25) is 9.59 Å². The minimum atomic E-state index is -0.212. The Morgan fingerprint density at radius 2 is 2.00 bits per heavy atom. The number of hydrogen-bond acceptors (Lipinski definition) is 2. The van der Waals surface area contributed by atoms with Crippen LogP contribution in [0.3, 0.4) is 0 Å². The summed E-state index contributed by atoms with van der Waals surface area (Å²) in [7, 11) is 0. The van der Waals surface area contributed by atoms with E-state index in [1.807, 2.05) is 0 Å². The number of fused-ring (bicyclic) bond motifs is 1. The number of benzene rings is 1. The van der Waals surface area contributed by atoms with E-state index in [1.54, 1.807) is 30.3 Å². The third-order valence-corrected chi connectivity index (χ3v) is 2.47. The highest BCUT2D eigenvalue weighted by Gasteiger charge is 2.24. The molecular formula is C12H12N2O2. The predicted molar refractivity (Wildman–Crippen MR) is 60.0 cm³/mol. The lowest BCUT2D eigenvalue weighted by molar-refractivity contribution is 0.0763. The van der Waals surface area contributed by atoms with E-state index in [-0.39, 0.29) is 18.5 Å². The third-order valence-electron chi connectivity index (χ3n) is 2.47. The molecule has 16 heavy (non-hydrogen) atoms. The number of rotatable bonds is 2. The van der Waals surface area contributed by atoms with Crippen molar-refractivity contribution in [1.82, 2.24) is 10.2 Å². The zero-order valence-corrected chi connectivity index (χ0v) is 8.77. The molecule has 2 rings (SSSR count). The molecule has 2 amide bonds. The van der Waals surface area contributed by atoms with E-state index in [0.29, 0.717) is 17.7 Å². The molecule has 0 saturated heterocycles. The average Bonchev–Trinajstić information content (AvgIpc) is 2.43. The molecular weight excluding hydrogens is 204 g/mol. The molecule has 0 saturated carbocycles. The zero-order chi connectivity index (χ0) is 11.5. The van der Waals surface area contributed by atoms with Crippen LogP contribution in [0, 0.1) is 0 Å².